The van der Waals surface area contributed by atoms with Gasteiger partial charge in [-0.05, 0) is 37.9 Å². The van der Waals surface area contributed by atoms with Gasteiger partial charge in [0.15, 0.2) is 0 Å². The van der Waals surface area contributed by atoms with Crippen molar-refractivity contribution in [2.24, 2.45) is 0 Å². The molecular weight excluding hydrogens is 246 g/mol. The van der Waals surface area contributed by atoms with Gasteiger partial charge in [-0.2, -0.15) is 5.10 Å². The van der Waals surface area contributed by atoms with Gasteiger partial charge in [0.05, 0.1) is 17.4 Å². The van der Waals surface area contributed by atoms with Crippen LogP contribution in [-0.4, -0.2) is 16.3 Å². The number of nitrogens with one attached hydrogen (secondary N) is 1. The molecule has 0 radical (unpaired) electrons. The summed E-state index contributed by atoms with van der Waals surface area (Å²) in [6.07, 6.45) is 1.99. The molecule has 1 aromatic carbocycles. The van der Waals surface area contributed by atoms with E-state index in [0.717, 1.165) is 25.9 Å². The lowest BCUT2D eigenvalue weighted by Crippen LogP contribution is -2.25. The molecule has 1 atom stereocenters. The Labute approximate surface area is 122 Å². The molecule has 1 aromatic heterocycles. The molecule has 2 rings (SSSR count). The first-order valence-corrected chi connectivity index (χ1v) is 7.62. The summed E-state index contributed by atoms with van der Waals surface area (Å²) in [5, 5.41) is 8.27. The van der Waals surface area contributed by atoms with Crippen LogP contribution in [0.25, 0.3) is 0 Å². The summed E-state index contributed by atoms with van der Waals surface area (Å²) in [6, 6.07) is 13.2. The van der Waals surface area contributed by atoms with E-state index < -0.39 is 0 Å². The van der Waals surface area contributed by atoms with Gasteiger partial charge in [0.1, 0.15) is 0 Å². The molecule has 2 aromatic rings. The fraction of sp³-hybridized carbons (Fsp3) is 0.471. The molecule has 0 saturated heterocycles. The van der Waals surface area contributed by atoms with Gasteiger partial charge in [-0.1, -0.05) is 44.2 Å². The Morgan fingerprint density at radius 2 is 1.90 bits per heavy atom. The molecule has 1 N–H and O–H groups in total. The van der Waals surface area contributed by atoms with E-state index in [1.165, 1.54) is 17.0 Å². The number of aryl methyl sites for hydroxylation is 2. The maximum atomic E-state index is 4.67. The van der Waals surface area contributed by atoms with E-state index in [1.807, 2.05) is 0 Å². The average Bonchev–Trinajstić information content (AvgIpc) is 2.91. The summed E-state index contributed by atoms with van der Waals surface area (Å²) >= 11 is 0. The van der Waals surface area contributed by atoms with Crippen LogP contribution in [0.4, 0.5) is 0 Å². The lowest BCUT2D eigenvalue weighted by Gasteiger charge is -2.19. The lowest BCUT2D eigenvalue weighted by molar-refractivity contribution is 0.489. The summed E-state index contributed by atoms with van der Waals surface area (Å²) in [6.45, 7) is 8.36. The lowest BCUT2D eigenvalue weighted by atomic mass is 10.0. The SMILES string of the molecule is CCNC(Cc1ccccc1)c1cc(CC)nn1CC. The number of rotatable bonds is 7. The highest BCUT2D eigenvalue weighted by molar-refractivity contribution is 5.21. The summed E-state index contributed by atoms with van der Waals surface area (Å²) in [5.41, 5.74) is 3.84. The van der Waals surface area contributed by atoms with Crippen molar-refractivity contribution >= 4 is 0 Å². The van der Waals surface area contributed by atoms with Crippen molar-refractivity contribution in [3.8, 4) is 0 Å². The van der Waals surface area contributed by atoms with Crippen LogP contribution in [0, 0.1) is 0 Å². The van der Waals surface area contributed by atoms with Crippen molar-refractivity contribution in [2.75, 3.05) is 6.54 Å². The minimum atomic E-state index is 0.329. The van der Waals surface area contributed by atoms with Crippen LogP contribution in [-0.2, 0) is 19.4 Å². The Balaban J connectivity index is 2.25. The van der Waals surface area contributed by atoms with Crippen LogP contribution in [0.1, 0.15) is 43.8 Å². The first kappa shape index (κ1) is 14.8. The molecular formula is C17H25N3. The molecule has 0 fully saturated rings. The number of hydrogen-bond acceptors (Lipinski definition) is 2. The second-order valence-electron chi connectivity index (χ2n) is 5.03. The van der Waals surface area contributed by atoms with Crippen molar-refractivity contribution in [3.05, 3.63) is 53.3 Å². The molecule has 3 heteroatoms. The Morgan fingerprint density at radius 1 is 1.15 bits per heavy atom. The average molecular weight is 271 g/mol. The predicted octanol–water partition coefficient (Wildman–Crippen LogP) is 3.36. The highest BCUT2D eigenvalue weighted by Crippen LogP contribution is 2.20. The Kier molecular flexibility index (Phi) is 5.36. The maximum absolute atomic E-state index is 4.67. The molecule has 0 aliphatic carbocycles. The van der Waals surface area contributed by atoms with Crippen LogP contribution in [0.3, 0.4) is 0 Å². The molecule has 0 spiro atoms. The third-order valence-electron chi connectivity index (χ3n) is 3.61. The standard InChI is InChI=1S/C17H25N3/c1-4-15-13-17(20(6-3)19-15)16(18-5-2)12-14-10-8-7-9-11-14/h7-11,13,16,18H,4-6,12H2,1-3H3. The first-order valence-electron chi connectivity index (χ1n) is 7.62. The Morgan fingerprint density at radius 3 is 2.50 bits per heavy atom. The van der Waals surface area contributed by atoms with E-state index >= 15 is 0 Å². The van der Waals surface area contributed by atoms with Crippen molar-refractivity contribution in [2.45, 2.75) is 46.2 Å². The van der Waals surface area contributed by atoms with Crippen LogP contribution in [0.2, 0.25) is 0 Å². The Bertz CT molecular complexity index is 516. The largest absolute Gasteiger partial charge is 0.309 e. The maximum Gasteiger partial charge on any atom is 0.0625 e. The Hall–Kier alpha value is -1.61. The topological polar surface area (TPSA) is 29.9 Å². The van der Waals surface area contributed by atoms with Gasteiger partial charge >= 0.3 is 0 Å². The normalized spacial score (nSPS) is 12.6. The molecule has 1 unspecified atom stereocenters. The number of likely N-dealkylation sites (N-methyl/N-ethyl adjacent to an activating group) is 1. The molecule has 0 bridgehead atoms. The van der Waals surface area contributed by atoms with E-state index in [4.69, 9.17) is 0 Å². The first-order chi connectivity index (χ1) is 9.78. The molecule has 20 heavy (non-hydrogen) atoms. The fourth-order valence-corrected chi connectivity index (χ4v) is 2.57. The van der Waals surface area contributed by atoms with Gasteiger partial charge in [0.2, 0.25) is 0 Å². The van der Waals surface area contributed by atoms with Gasteiger partial charge < -0.3 is 5.32 Å². The zero-order valence-electron chi connectivity index (χ0n) is 12.8. The minimum Gasteiger partial charge on any atom is -0.309 e. The molecule has 3 nitrogen and oxygen atoms in total. The monoisotopic (exact) mass is 271 g/mol. The summed E-state index contributed by atoms with van der Waals surface area (Å²) in [7, 11) is 0. The minimum absolute atomic E-state index is 0.329. The second kappa shape index (κ2) is 7.25. The third-order valence-corrected chi connectivity index (χ3v) is 3.61. The zero-order valence-corrected chi connectivity index (χ0v) is 12.8. The molecule has 108 valence electrons. The van der Waals surface area contributed by atoms with Gasteiger partial charge in [0, 0.05) is 6.54 Å². The van der Waals surface area contributed by atoms with Crippen molar-refractivity contribution in [3.63, 3.8) is 0 Å². The molecule has 0 aliphatic rings. The van der Waals surface area contributed by atoms with Crippen LogP contribution in [0.5, 0.6) is 0 Å². The quantitative estimate of drug-likeness (QED) is 0.837. The third kappa shape index (κ3) is 3.48. The second-order valence-corrected chi connectivity index (χ2v) is 5.03. The smallest absolute Gasteiger partial charge is 0.0625 e. The highest BCUT2D eigenvalue weighted by Gasteiger charge is 2.17. The van der Waals surface area contributed by atoms with E-state index in [-0.39, 0.29) is 0 Å². The van der Waals surface area contributed by atoms with Gasteiger partial charge in [-0.15, -0.1) is 0 Å². The van der Waals surface area contributed by atoms with Crippen molar-refractivity contribution in [1.29, 1.82) is 0 Å². The van der Waals surface area contributed by atoms with E-state index in [1.54, 1.807) is 0 Å². The summed E-state index contributed by atoms with van der Waals surface area (Å²) in [4.78, 5) is 0. The van der Waals surface area contributed by atoms with E-state index in [9.17, 15) is 0 Å². The zero-order chi connectivity index (χ0) is 14.4. The van der Waals surface area contributed by atoms with Gasteiger partial charge in [0.25, 0.3) is 0 Å². The number of nitrogens with zero attached hydrogens (tertiary/aromatic N) is 2. The summed E-state index contributed by atoms with van der Waals surface area (Å²) < 4.78 is 2.13. The highest BCUT2D eigenvalue weighted by atomic mass is 15.3. The number of benzene rings is 1. The van der Waals surface area contributed by atoms with Crippen LogP contribution >= 0.6 is 0 Å². The van der Waals surface area contributed by atoms with Crippen LogP contribution in [0.15, 0.2) is 36.4 Å². The summed E-state index contributed by atoms with van der Waals surface area (Å²) in [5.74, 6) is 0. The number of hydrogen-bond donors (Lipinski definition) is 1. The molecule has 1 heterocycles. The fourth-order valence-electron chi connectivity index (χ4n) is 2.57. The van der Waals surface area contributed by atoms with Gasteiger partial charge in [-0.3, -0.25) is 4.68 Å². The molecule has 0 aliphatic heterocycles. The van der Waals surface area contributed by atoms with Crippen molar-refractivity contribution in [1.82, 2.24) is 15.1 Å². The van der Waals surface area contributed by atoms with E-state index in [2.05, 4.69) is 72.3 Å². The molecule has 0 amide bonds. The van der Waals surface area contributed by atoms with Crippen LogP contribution < -0.4 is 5.32 Å². The predicted molar refractivity (Wildman–Crippen MR) is 83.8 cm³/mol. The molecule has 0 saturated carbocycles. The van der Waals surface area contributed by atoms with Crippen molar-refractivity contribution < 1.29 is 0 Å². The van der Waals surface area contributed by atoms with Gasteiger partial charge in [-0.25, -0.2) is 0 Å². The number of aromatic nitrogens is 2. The van der Waals surface area contributed by atoms with E-state index in [0.29, 0.717) is 6.04 Å².